The normalized spacial score (nSPS) is 24.4. The third-order valence-corrected chi connectivity index (χ3v) is 7.57. The lowest BCUT2D eigenvalue weighted by atomic mass is 9.81. The Balaban J connectivity index is 1.31. The van der Waals surface area contributed by atoms with Crippen LogP contribution in [0.1, 0.15) is 18.9 Å². The van der Waals surface area contributed by atoms with Crippen LogP contribution in [0.3, 0.4) is 0 Å². The summed E-state index contributed by atoms with van der Waals surface area (Å²) in [6, 6.07) is 4.38. The zero-order valence-electron chi connectivity index (χ0n) is 14.0. The molecule has 3 aromatic heterocycles. The van der Waals surface area contributed by atoms with Crippen molar-refractivity contribution in [3.05, 3.63) is 24.8 Å². The molecule has 5 rings (SSSR count). The maximum absolute atomic E-state index is 12.4. The summed E-state index contributed by atoms with van der Waals surface area (Å²) in [6.45, 7) is 0.694. The molecule has 0 amide bonds. The third-order valence-electron chi connectivity index (χ3n) is 5.59. The van der Waals surface area contributed by atoms with Gasteiger partial charge in [0.25, 0.3) is 0 Å². The molecule has 3 aromatic rings. The van der Waals surface area contributed by atoms with Crippen molar-refractivity contribution in [2.24, 2.45) is 11.8 Å². The SMILES string of the molecule is N#CC1CN(S(=O)(=O)C[C@H]2C[C@@H](n3cnc4cnc5[nH]ccc5c43)C2)C1. The van der Waals surface area contributed by atoms with E-state index in [1.807, 2.05) is 18.6 Å². The van der Waals surface area contributed by atoms with Gasteiger partial charge in [0.15, 0.2) is 0 Å². The first-order chi connectivity index (χ1) is 12.5. The van der Waals surface area contributed by atoms with Gasteiger partial charge in [0.2, 0.25) is 10.0 Å². The number of imidazole rings is 1. The quantitative estimate of drug-likeness (QED) is 0.751. The Morgan fingerprint density at radius 2 is 2.12 bits per heavy atom. The van der Waals surface area contributed by atoms with Crippen LogP contribution in [-0.4, -0.2) is 51.1 Å². The highest BCUT2D eigenvalue weighted by atomic mass is 32.2. The number of nitriles is 1. The van der Waals surface area contributed by atoms with Crippen LogP contribution in [-0.2, 0) is 10.0 Å². The second-order valence-corrected chi connectivity index (χ2v) is 9.31. The molecule has 4 heterocycles. The topological polar surface area (TPSA) is 108 Å². The van der Waals surface area contributed by atoms with Gasteiger partial charge in [-0.15, -0.1) is 0 Å². The van der Waals surface area contributed by atoms with Crippen LogP contribution in [0, 0.1) is 23.2 Å². The van der Waals surface area contributed by atoms with Crippen molar-refractivity contribution in [2.45, 2.75) is 18.9 Å². The number of H-pyrrole nitrogens is 1. The molecule has 0 unspecified atom stereocenters. The van der Waals surface area contributed by atoms with Gasteiger partial charge in [-0.3, -0.25) is 0 Å². The van der Waals surface area contributed by atoms with Crippen LogP contribution in [0.25, 0.3) is 22.1 Å². The van der Waals surface area contributed by atoms with Crippen LogP contribution in [0.4, 0.5) is 0 Å². The molecule has 26 heavy (non-hydrogen) atoms. The van der Waals surface area contributed by atoms with Gasteiger partial charge >= 0.3 is 0 Å². The molecule has 2 fully saturated rings. The summed E-state index contributed by atoms with van der Waals surface area (Å²) in [6.07, 6.45) is 7.12. The lowest BCUT2D eigenvalue weighted by molar-refractivity contribution is 0.210. The minimum absolute atomic E-state index is 0.145. The van der Waals surface area contributed by atoms with E-state index in [-0.39, 0.29) is 23.6 Å². The van der Waals surface area contributed by atoms with Crippen LogP contribution >= 0.6 is 0 Å². The van der Waals surface area contributed by atoms with E-state index >= 15 is 0 Å². The summed E-state index contributed by atoms with van der Waals surface area (Å²) in [5.41, 5.74) is 2.75. The van der Waals surface area contributed by atoms with Crippen molar-refractivity contribution < 1.29 is 8.42 Å². The zero-order chi connectivity index (χ0) is 17.9. The monoisotopic (exact) mass is 370 g/mol. The molecule has 1 aliphatic carbocycles. The fourth-order valence-electron chi connectivity index (χ4n) is 4.02. The van der Waals surface area contributed by atoms with Crippen molar-refractivity contribution in [3.63, 3.8) is 0 Å². The number of nitrogens with one attached hydrogen (secondary N) is 1. The number of sulfonamides is 1. The summed E-state index contributed by atoms with van der Waals surface area (Å²) in [7, 11) is -3.24. The van der Waals surface area contributed by atoms with Gasteiger partial charge in [-0.2, -0.15) is 9.57 Å². The number of rotatable bonds is 4. The predicted octanol–water partition coefficient (Wildman–Crippen LogP) is 1.65. The maximum Gasteiger partial charge on any atom is 0.214 e. The van der Waals surface area contributed by atoms with Crippen LogP contribution in [0.15, 0.2) is 24.8 Å². The zero-order valence-corrected chi connectivity index (χ0v) is 14.9. The molecular formula is C17H18N6O2S. The molecule has 8 nitrogen and oxygen atoms in total. The largest absolute Gasteiger partial charge is 0.346 e. The number of nitrogens with zero attached hydrogens (tertiary/aromatic N) is 5. The number of hydrogen-bond acceptors (Lipinski definition) is 5. The molecule has 134 valence electrons. The van der Waals surface area contributed by atoms with Gasteiger partial charge in [-0.25, -0.2) is 18.4 Å². The molecular weight excluding hydrogens is 352 g/mol. The summed E-state index contributed by atoms with van der Waals surface area (Å²) < 4.78 is 28.4. The third kappa shape index (κ3) is 2.33. The lowest BCUT2D eigenvalue weighted by Crippen LogP contribution is -2.51. The predicted molar refractivity (Wildman–Crippen MR) is 95.6 cm³/mol. The fraction of sp³-hybridized carbons (Fsp3) is 0.471. The minimum Gasteiger partial charge on any atom is -0.346 e. The Bertz CT molecular complexity index is 1130. The Kier molecular flexibility index (Phi) is 3.36. The van der Waals surface area contributed by atoms with Crippen molar-refractivity contribution in [1.82, 2.24) is 23.8 Å². The van der Waals surface area contributed by atoms with Gasteiger partial charge in [0.05, 0.1) is 35.8 Å². The summed E-state index contributed by atoms with van der Waals surface area (Å²) >= 11 is 0. The Hall–Kier alpha value is -2.44. The molecule has 0 spiro atoms. The molecule has 0 aromatic carbocycles. The fourth-order valence-corrected chi connectivity index (χ4v) is 5.91. The van der Waals surface area contributed by atoms with Crippen LogP contribution in [0.5, 0.6) is 0 Å². The van der Waals surface area contributed by atoms with E-state index in [9.17, 15) is 8.42 Å². The molecule has 0 bridgehead atoms. The number of fused-ring (bicyclic) bond motifs is 3. The van der Waals surface area contributed by atoms with Crippen molar-refractivity contribution in [3.8, 4) is 6.07 Å². The molecule has 1 N–H and O–H groups in total. The van der Waals surface area contributed by atoms with Gasteiger partial charge in [0, 0.05) is 30.7 Å². The average molecular weight is 370 g/mol. The molecule has 0 atom stereocenters. The van der Waals surface area contributed by atoms with E-state index in [4.69, 9.17) is 5.26 Å². The highest BCUT2D eigenvalue weighted by Crippen LogP contribution is 2.41. The average Bonchev–Trinajstić information content (AvgIpc) is 3.15. The van der Waals surface area contributed by atoms with Crippen LogP contribution in [0.2, 0.25) is 0 Å². The van der Waals surface area contributed by atoms with Gasteiger partial charge in [-0.1, -0.05) is 0 Å². The van der Waals surface area contributed by atoms with E-state index < -0.39 is 10.0 Å². The summed E-state index contributed by atoms with van der Waals surface area (Å²) in [4.78, 5) is 11.9. The Labute approximate surface area is 150 Å². The van der Waals surface area contributed by atoms with E-state index in [0.29, 0.717) is 13.1 Å². The number of pyridine rings is 1. The first-order valence-electron chi connectivity index (χ1n) is 8.71. The van der Waals surface area contributed by atoms with E-state index in [1.54, 1.807) is 6.20 Å². The number of aromatic nitrogens is 4. The highest BCUT2D eigenvalue weighted by molar-refractivity contribution is 7.89. The second-order valence-electron chi connectivity index (χ2n) is 7.30. The van der Waals surface area contributed by atoms with Gasteiger partial charge in [-0.05, 0) is 24.8 Å². The molecule has 1 aliphatic heterocycles. The molecule has 1 saturated heterocycles. The highest BCUT2D eigenvalue weighted by Gasteiger charge is 2.40. The number of hydrogen-bond donors (Lipinski definition) is 1. The van der Waals surface area contributed by atoms with E-state index in [1.165, 1.54) is 4.31 Å². The van der Waals surface area contributed by atoms with Crippen molar-refractivity contribution >= 4 is 32.1 Å². The first-order valence-corrected chi connectivity index (χ1v) is 10.3. The Morgan fingerprint density at radius 3 is 2.88 bits per heavy atom. The molecule has 0 radical (unpaired) electrons. The van der Waals surface area contributed by atoms with Crippen molar-refractivity contribution in [2.75, 3.05) is 18.8 Å². The van der Waals surface area contributed by atoms with Crippen LogP contribution < -0.4 is 0 Å². The van der Waals surface area contributed by atoms with E-state index in [2.05, 4.69) is 25.6 Å². The van der Waals surface area contributed by atoms with Gasteiger partial charge < -0.3 is 9.55 Å². The van der Waals surface area contributed by atoms with Crippen molar-refractivity contribution in [1.29, 1.82) is 5.26 Å². The smallest absolute Gasteiger partial charge is 0.214 e. The van der Waals surface area contributed by atoms with E-state index in [0.717, 1.165) is 34.9 Å². The molecule has 1 saturated carbocycles. The summed E-state index contributed by atoms with van der Waals surface area (Å²) in [5.74, 6) is 0.191. The second kappa shape index (κ2) is 5.53. The lowest BCUT2D eigenvalue weighted by Gasteiger charge is -2.40. The first kappa shape index (κ1) is 15.8. The van der Waals surface area contributed by atoms with Gasteiger partial charge in [0.1, 0.15) is 11.2 Å². The number of aromatic amines is 1. The Morgan fingerprint density at radius 1 is 1.31 bits per heavy atom. The maximum atomic E-state index is 12.4. The minimum atomic E-state index is -3.24. The summed E-state index contributed by atoms with van der Waals surface area (Å²) in [5, 5.41) is 9.85. The molecule has 9 heteroatoms. The standard InChI is InChI=1S/C17H18N6O2S/c18-5-12-7-22(8-12)26(24,25)9-11-3-13(4-11)23-10-21-15-6-20-17-14(16(15)23)1-2-19-17/h1-2,6,10-13H,3-4,7-9H2,(H,19,20)/t11-,13+. The molecule has 2 aliphatic rings.